The van der Waals surface area contributed by atoms with E-state index in [1.807, 2.05) is 36.5 Å². The van der Waals surface area contributed by atoms with Crippen LogP contribution in [-0.4, -0.2) is 47.5 Å². The Bertz CT molecular complexity index is 1070. The summed E-state index contributed by atoms with van der Waals surface area (Å²) in [6.07, 6.45) is 6.19. The number of amides is 1. The predicted octanol–water partition coefficient (Wildman–Crippen LogP) is 1.40. The number of aromatic nitrogens is 6. The Balaban J connectivity index is 1.52. The van der Waals surface area contributed by atoms with E-state index >= 15 is 0 Å². The van der Waals surface area contributed by atoms with Gasteiger partial charge in [0.15, 0.2) is 0 Å². The molecule has 0 atom stereocenters. The van der Waals surface area contributed by atoms with E-state index in [0.717, 1.165) is 17.5 Å². The van der Waals surface area contributed by atoms with E-state index in [0.29, 0.717) is 13.1 Å². The molecular formula is C19H20N8O. The number of anilines is 1. The number of nitrogens with one attached hydrogen (secondary N) is 1. The molecule has 3 aromatic heterocycles. The zero-order chi connectivity index (χ0) is 19.3. The van der Waals surface area contributed by atoms with Crippen molar-refractivity contribution in [2.75, 3.05) is 12.3 Å². The molecule has 0 fully saturated rings. The van der Waals surface area contributed by atoms with Gasteiger partial charge in [-0.25, -0.2) is 4.68 Å². The summed E-state index contributed by atoms with van der Waals surface area (Å²) in [7, 11) is 0. The van der Waals surface area contributed by atoms with Crippen LogP contribution in [0.5, 0.6) is 0 Å². The number of tetrazole rings is 1. The lowest BCUT2D eigenvalue weighted by Crippen LogP contribution is -2.35. The number of aromatic amines is 1. The summed E-state index contributed by atoms with van der Waals surface area (Å²) in [5, 5.41) is 12.0. The molecule has 4 rings (SSSR count). The van der Waals surface area contributed by atoms with Gasteiger partial charge in [0.2, 0.25) is 11.9 Å². The Morgan fingerprint density at radius 3 is 2.89 bits per heavy atom. The minimum absolute atomic E-state index is 0.00696. The van der Waals surface area contributed by atoms with Crippen molar-refractivity contribution in [2.45, 2.75) is 19.5 Å². The summed E-state index contributed by atoms with van der Waals surface area (Å²) in [5.74, 6) is 0.00833. The quantitative estimate of drug-likeness (QED) is 0.503. The molecule has 0 aliphatic heterocycles. The van der Waals surface area contributed by atoms with E-state index in [2.05, 4.69) is 31.6 Å². The molecule has 3 N–H and O–H groups in total. The highest BCUT2D eigenvalue weighted by atomic mass is 16.2. The topological polar surface area (TPSA) is 119 Å². The fraction of sp³-hybridized carbons (Fsp3) is 0.211. The fourth-order valence-electron chi connectivity index (χ4n) is 3.15. The average molecular weight is 376 g/mol. The first-order valence-corrected chi connectivity index (χ1v) is 8.94. The van der Waals surface area contributed by atoms with Crippen LogP contribution in [0.25, 0.3) is 10.9 Å². The standard InChI is InChI=1S/C19H20N8O/c20-19-23-24-25-27(19)13-18(28)26(12-14-4-3-8-21-10-14)9-7-15-11-22-17-6-2-1-5-16(15)17/h1-6,8,10-11,22H,7,9,12-13H2,(H2,20,23,25). The molecule has 9 nitrogen and oxygen atoms in total. The minimum atomic E-state index is -0.109. The molecule has 0 aliphatic rings. The maximum Gasteiger partial charge on any atom is 0.244 e. The van der Waals surface area contributed by atoms with Crippen LogP contribution >= 0.6 is 0 Å². The molecular weight excluding hydrogens is 356 g/mol. The van der Waals surface area contributed by atoms with Gasteiger partial charge >= 0.3 is 0 Å². The number of rotatable bonds is 7. The number of fused-ring (bicyclic) bond motifs is 1. The number of para-hydroxylation sites is 1. The number of hydrogen-bond donors (Lipinski definition) is 2. The van der Waals surface area contributed by atoms with Crippen LogP contribution in [-0.2, 0) is 24.3 Å². The Kier molecular flexibility index (Phi) is 4.96. The van der Waals surface area contributed by atoms with E-state index in [1.54, 1.807) is 17.3 Å². The maximum absolute atomic E-state index is 12.9. The lowest BCUT2D eigenvalue weighted by molar-refractivity contribution is -0.132. The van der Waals surface area contributed by atoms with Crippen molar-refractivity contribution in [1.29, 1.82) is 0 Å². The summed E-state index contributed by atoms with van der Waals surface area (Å²) in [5.41, 5.74) is 8.91. The van der Waals surface area contributed by atoms with Gasteiger partial charge in [-0.1, -0.05) is 29.4 Å². The zero-order valence-electron chi connectivity index (χ0n) is 15.2. The minimum Gasteiger partial charge on any atom is -0.367 e. The van der Waals surface area contributed by atoms with Crippen molar-refractivity contribution < 1.29 is 4.79 Å². The van der Waals surface area contributed by atoms with Crippen LogP contribution < -0.4 is 5.73 Å². The second kappa shape index (κ2) is 7.87. The summed E-state index contributed by atoms with van der Waals surface area (Å²) in [4.78, 5) is 22.1. The fourth-order valence-corrected chi connectivity index (χ4v) is 3.15. The first kappa shape index (κ1) is 17.7. The highest BCUT2D eigenvalue weighted by Crippen LogP contribution is 2.19. The second-order valence-electron chi connectivity index (χ2n) is 6.48. The van der Waals surface area contributed by atoms with E-state index in [1.165, 1.54) is 15.6 Å². The molecule has 0 bridgehead atoms. The van der Waals surface area contributed by atoms with Crippen molar-refractivity contribution in [3.05, 3.63) is 66.1 Å². The number of carbonyl (C=O) groups excluding carboxylic acids is 1. The van der Waals surface area contributed by atoms with Crippen molar-refractivity contribution in [3.63, 3.8) is 0 Å². The monoisotopic (exact) mass is 376 g/mol. The molecule has 1 aromatic carbocycles. The number of H-pyrrole nitrogens is 1. The van der Waals surface area contributed by atoms with E-state index in [9.17, 15) is 4.79 Å². The summed E-state index contributed by atoms with van der Waals surface area (Å²) in [6.45, 7) is 1.00. The van der Waals surface area contributed by atoms with Gasteiger partial charge in [-0.15, -0.1) is 0 Å². The number of benzene rings is 1. The predicted molar refractivity (Wildman–Crippen MR) is 104 cm³/mol. The highest BCUT2D eigenvalue weighted by molar-refractivity contribution is 5.83. The van der Waals surface area contributed by atoms with Crippen molar-refractivity contribution >= 4 is 22.8 Å². The van der Waals surface area contributed by atoms with Gasteiger partial charge in [-0.3, -0.25) is 9.78 Å². The molecule has 0 saturated carbocycles. The lowest BCUT2D eigenvalue weighted by Gasteiger charge is -2.22. The van der Waals surface area contributed by atoms with Crippen LogP contribution in [0.2, 0.25) is 0 Å². The maximum atomic E-state index is 12.9. The third kappa shape index (κ3) is 3.83. The van der Waals surface area contributed by atoms with Gasteiger partial charge in [0, 0.05) is 42.6 Å². The second-order valence-corrected chi connectivity index (χ2v) is 6.48. The van der Waals surface area contributed by atoms with Gasteiger partial charge in [0.1, 0.15) is 6.54 Å². The lowest BCUT2D eigenvalue weighted by atomic mass is 10.1. The molecule has 28 heavy (non-hydrogen) atoms. The Labute approximate surface area is 161 Å². The van der Waals surface area contributed by atoms with Crippen LogP contribution in [0.15, 0.2) is 55.0 Å². The number of hydrogen-bond acceptors (Lipinski definition) is 6. The first-order chi connectivity index (χ1) is 13.7. The van der Waals surface area contributed by atoms with E-state index in [4.69, 9.17) is 5.73 Å². The van der Waals surface area contributed by atoms with Crippen molar-refractivity contribution in [2.24, 2.45) is 0 Å². The van der Waals surface area contributed by atoms with E-state index < -0.39 is 0 Å². The molecule has 9 heteroatoms. The summed E-state index contributed by atoms with van der Waals surface area (Å²) in [6, 6.07) is 11.9. The zero-order valence-corrected chi connectivity index (χ0v) is 15.2. The third-order valence-corrected chi connectivity index (χ3v) is 4.62. The Hall–Kier alpha value is -3.75. The van der Waals surface area contributed by atoms with Gasteiger partial charge in [0.25, 0.3) is 0 Å². The van der Waals surface area contributed by atoms with Gasteiger partial charge in [0.05, 0.1) is 0 Å². The van der Waals surface area contributed by atoms with Crippen molar-refractivity contribution in [3.8, 4) is 0 Å². The number of nitrogens with two attached hydrogens (primary N) is 1. The molecule has 3 heterocycles. The van der Waals surface area contributed by atoms with Gasteiger partial charge < -0.3 is 15.6 Å². The summed E-state index contributed by atoms with van der Waals surface area (Å²) >= 11 is 0. The first-order valence-electron chi connectivity index (χ1n) is 8.94. The molecule has 4 aromatic rings. The summed E-state index contributed by atoms with van der Waals surface area (Å²) < 4.78 is 1.30. The van der Waals surface area contributed by atoms with Crippen LogP contribution in [0.1, 0.15) is 11.1 Å². The largest absolute Gasteiger partial charge is 0.367 e. The Morgan fingerprint density at radius 1 is 1.21 bits per heavy atom. The molecule has 0 spiro atoms. The molecule has 0 saturated heterocycles. The van der Waals surface area contributed by atoms with E-state index in [-0.39, 0.29) is 18.4 Å². The van der Waals surface area contributed by atoms with Crippen LogP contribution in [0.3, 0.4) is 0 Å². The highest BCUT2D eigenvalue weighted by Gasteiger charge is 2.17. The number of nitrogens with zero attached hydrogens (tertiary/aromatic N) is 6. The molecule has 142 valence electrons. The number of pyridine rings is 1. The van der Waals surface area contributed by atoms with Crippen molar-refractivity contribution in [1.82, 2.24) is 35.1 Å². The third-order valence-electron chi connectivity index (χ3n) is 4.62. The Morgan fingerprint density at radius 2 is 2.11 bits per heavy atom. The molecule has 0 radical (unpaired) electrons. The normalized spacial score (nSPS) is 11.0. The smallest absolute Gasteiger partial charge is 0.244 e. The van der Waals surface area contributed by atoms with Crippen LogP contribution in [0, 0.1) is 0 Å². The number of nitrogen functional groups attached to an aromatic ring is 1. The molecule has 0 aliphatic carbocycles. The average Bonchev–Trinajstić information content (AvgIpc) is 3.32. The van der Waals surface area contributed by atoms with Crippen LogP contribution in [0.4, 0.5) is 5.95 Å². The SMILES string of the molecule is Nc1nnnn1CC(=O)N(CCc1c[nH]c2ccccc12)Cc1cccnc1. The van der Waals surface area contributed by atoms with Gasteiger partial charge in [-0.2, -0.15) is 0 Å². The molecule has 1 amide bonds. The number of carbonyl (C=O) groups is 1. The molecule has 0 unspecified atom stereocenters. The van der Waals surface area contributed by atoms with Gasteiger partial charge in [-0.05, 0) is 40.1 Å².